The number of methoxy groups -OCH3 is 1. The molecule has 10 nitrogen and oxygen atoms in total. The SMILES string of the molecule is CCOC(=O)C1CCC(n2nc(-c3ccc(CNC(=O)c4ccccc4OC)cc3)c3c(N)ncnc32)CC1. The van der Waals surface area contributed by atoms with Crippen molar-refractivity contribution in [3.05, 3.63) is 66.0 Å². The van der Waals surface area contributed by atoms with Crippen LogP contribution in [0.3, 0.4) is 0 Å². The Hall–Kier alpha value is -4.47. The summed E-state index contributed by atoms with van der Waals surface area (Å²) in [5, 5.41) is 8.60. The van der Waals surface area contributed by atoms with E-state index < -0.39 is 0 Å². The number of benzene rings is 2. The number of nitrogen functional groups attached to an aromatic ring is 1. The lowest BCUT2D eigenvalue weighted by atomic mass is 9.86. The van der Waals surface area contributed by atoms with Crippen LogP contribution < -0.4 is 15.8 Å². The Balaban J connectivity index is 1.34. The molecule has 0 aliphatic heterocycles. The highest BCUT2D eigenvalue weighted by Gasteiger charge is 2.30. The smallest absolute Gasteiger partial charge is 0.308 e. The number of hydrogen-bond donors (Lipinski definition) is 2. The maximum absolute atomic E-state index is 12.7. The van der Waals surface area contributed by atoms with E-state index in [-0.39, 0.29) is 23.8 Å². The minimum atomic E-state index is -0.205. The van der Waals surface area contributed by atoms with Crippen LogP contribution in [0.25, 0.3) is 22.3 Å². The van der Waals surface area contributed by atoms with Gasteiger partial charge in [0.25, 0.3) is 5.91 Å². The van der Waals surface area contributed by atoms with Crippen molar-refractivity contribution in [1.82, 2.24) is 25.1 Å². The molecular formula is C29H32N6O4. The van der Waals surface area contributed by atoms with Crippen LogP contribution in [0.2, 0.25) is 0 Å². The molecule has 1 aliphatic rings. The monoisotopic (exact) mass is 528 g/mol. The van der Waals surface area contributed by atoms with E-state index in [0.717, 1.165) is 36.8 Å². The molecule has 39 heavy (non-hydrogen) atoms. The van der Waals surface area contributed by atoms with Gasteiger partial charge in [0.2, 0.25) is 0 Å². The first-order valence-electron chi connectivity index (χ1n) is 13.2. The lowest BCUT2D eigenvalue weighted by Crippen LogP contribution is -2.25. The molecule has 5 rings (SSSR count). The van der Waals surface area contributed by atoms with Gasteiger partial charge in [0.15, 0.2) is 5.65 Å². The number of fused-ring (bicyclic) bond motifs is 1. The first kappa shape index (κ1) is 26.1. The quantitative estimate of drug-likeness (QED) is 0.323. The molecule has 1 fully saturated rings. The lowest BCUT2D eigenvalue weighted by Gasteiger charge is -2.27. The van der Waals surface area contributed by atoms with Gasteiger partial charge in [-0.25, -0.2) is 14.6 Å². The summed E-state index contributed by atoms with van der Waals surface area (Å²) < 4.78 is 12.4. The highest BCUT2D eigenvalue weighted by atomic mass is 16.5. The molecule has 0 saturated heterocycles. The number of aromatic nitrogens is 4. The molecule has 1 amide bonds. The fraction of sp³-hybridized carbons (Fsp3) is 0.345. The number of hydrogen-bond acceptors (Lipinski definition) is 8. The van der Waals surface area contributed by atoms with E-state index in [1.54, 1.807) is 25.3 Å². The maximum atomic E-state index is 12.7. The maximum Gasteiger partial charge on any atom is 0.308 e. The highest BCUT2D eigenvalue weighted by molar-refractivity contribution is 5.98. The minimum absolute atomic E-state index is 0.0711. The number of esters is 1. The Kier molecular flexibility index (Phi) is 7.72. The van der Waals surface area contributed by atoms with Crippen molar-refractivity contribution in [1.29, 1.82) is 0 Å². The van der Waals surface area contributed by atoms with Crippen LogP contribution in [0.5, 0.6) is 5.75 Å². The first-order chi connectivity index (χ1) is 19.0. The molecule has 1 aliphatic carbocycles. The van der Waals surface area contributed by atoms with E-state index in [1.165, 1.54) is 6.33 Å². The number of nitrogens with one attached hydrogen (secondary N) is 1. The number of anilines is 1. The van der Waals surface area contributed by atoms with Crippen molar-refractivity contribution in [2.24, 2.45) is 5.92 Å². The molecule has 202 valence electrons. The van der Waals surface area contributed by atoms with Gasteiger partial charge in [-0.2, -0.15) is 5.10 Å². The van der Waals surface area contributed by atoms with E-state index in [0.29, 0.717) is 47.0 Å². The molecule has 0 radical (unpaired) electrons. The molecular weight excluding hydrogens is 496 g/mol. The standard InChI is InChI=1S/C29H32N6O4/c1-3-39-29(37)20-12-14-21(15-13-20)35-27-24(26(30)32-17-33-27)25(34-35)19-10-8-18(9-11-19)16-31-28(36)22-6-4-5-7-23(22)38-2/h4-11,17,20-21H,3,12-16H2,1-2H3,(H,31,36)(H2,30,32,33). The Bertz CT molecular complexity index is 1480. The van der Waals surface area contributed by atoms with Crippen molar-refractivity contribution in [2.75, 3.05) is 19.5 Å². The Morgan fingerprint density at radius 2 is 1.79 bits per heavy atom. The summed E-state index contributed by atoms with van der Waals surface area (Å²) in [6.07, 6.45) is 4.55. The van der Waals surface area contributed by atoms with E-state index in [1.807, 2.05) is 41.9 Å². The molecule has 3 N–H and O–H groups in total. The van der Waals surface area contributed by atoms with Gasteiger partial charge < -0.3 is 20.5 Å². The largest absolute Gasteiger partial charge is 0.496 e. The molecule has 10 heteroatoms. The number of amides is 1. The Morgan fingerprint density at radius 1 is 1.05 bits per heavy atom. The molecule has 0 unspecified atom stereocenters. The number of nitrogens with two attached hydrogens (primary N) is 1. The van der Waals surface area contributed by atoms with E-state index in [2.05, 4.69) is 15.3 Å². The third kappa shape index (κ3) is 5.41. The average Bonchev–Trinajstić information content (AvgIpc) is 3.37. The summed E-state index contributed by atoms with van der Waals surface area (Å²) >= 11 is 0. The summed E-state index contributed by atoms with van der Waals surface area (Å²) in [5.74, 6) is 0.506. The van der Waals surface area contributed by atoms with Crippen molar-refractivity contribution < 1.29 is 19.1 Å². The topological polar surface area (TPSA) is 134 Å². The minimum Gasteiger partial charge on any atom is -0.496 e. The van der Waals surface area contributed by atoms with Gasteiger partial charge in [0, 0.05) is 12.1 Å². The molecule has 1 saturated carbocycles. The van der Waals surface area contributed by atoms with Gasteiger partial charge in [-0.05, 0) is 50.3 Å². The van der Waals surface area contributed by atoms with Gasteiger partial charge in [0.1, 0.15) is 23.6 Å². The number of ether oxygens (including phenoxy) is 2. The molecule has 2 aromatic heterocycles. The fourth-order valence-corrected chi connectivity index (χ4v) is 5.16. The van der Waals surface area contributed by atoms with Crippen molar-refractivity contribution in [3.8, 4) is 17.0 Å². The number of rotatable bonds is 8. The van der Waals surface area contributed by atoms with Crippen LogP contribution >= 0.6 is 0 Å². The lowest BCUT2D eigenvalue weighted by molar-refractivity contribution is -0.149. The zero-order valence-corrected chi connectivity index (χ0v) is 22.1. The summed E-state index contributed by atoms with van der Waals surface area (Å²) in [4.78, 5) is 33.6. The third-order valence-electron chi connectivity index (χ3n) is 7.21. The zero-order valence-electron chi connectivity index (χ0n) is 22.1. The number of carbonyl (C=O) groups is 2. The van der Waals surface area contributed by atoms with E-state index in [4.69, 9.17) is 20.3 Å². The van der Waals surface area contributed by atoms with Gasteiger partial charge in [-0.3, -0.25) is 9.59 Å². The van der Waals surface area contributed by atoms with Crippen molar-refractivity contribution >= 4 is 28.7 Å². The number of para-hydroxylation sites is 1. The van der Waals surface area contributed by atoms with Gasteiger partial charge in [0.05, 0.1) is 36.6 Å². The van der Waals surface area contributed by atoms with Crippen LogP contribution in [-0.4, -0.2) is 45.3 Å². The predicted octanol–water partition coefficient (Wildman–Crippen LogP) is 4.31. The average molecular weight is 529 g/mol. The third-order valence-corrected chi connectivity index (χ3v) is 7.21. The normalized spacial score (nSPS) is 17.1. The fourth-order valence-electron chi connectivity index (χ4n) is 5.16. The zero-order chi connectivity index (χ0) is 27.4. The van der Waals surface area contributed by atoms with Gasteiger partial charge in [-0.15, -0.1) is 0 Å². The summed E-state index contributed by atoms with van der Waals surface area (Å²) in [5.41, 5.74) is 9.99. The van der Waals surface area contributed by atoms with Crippen LogP contribution in [0.4, 0.5) is 5.82 Å². The molecule has 0 spiro atoms. The van der Waals surface area contributed by atoms with E-state index >= 15 is 0 Å². The van der Waals surface area contributed by atoms with Crippen molar-refractivity contribution in [2.45, 2.75) is 45.2 Å². The summed E-state index contributed by atoms with van der Waals surface area (Å²) in [6.45, 7) is 2.59. The van der Waals surface area contributed by atoms with Crippen molar-refractivity contribution in [3.63, 3.8) is 0 Å². The summed E-state index contributed by atoms with van der Waals surface area (Å²) in [6, 6.07) is 15.0. The van der Waals surface area contributed by atoms with Crippen LogP contribution in [-0.2, 0) is 16.1 Å². The van der Waals surface area contributed by atoms with Gasteiger partial charge in [-0.1, -0.05) is 36.4 Å². The number of carbonyl (C=O) groups excluding carboxylic acids is 2. The second-order valence-electron chi connectivity index (χ2n) is 9.59. The highest BCUT2D eigenvalue weighted by Crippen LogP contribution is 2.37. The summed E-state index contributed by atoms with van der Waals surface area (Å²) in [7, 11) is 1.54. The molecule has 2 heterocycles. The second-order valence-corrected chi connectivity index (χ2v) is 9.59. The van der Waals surface area contributed by atoms with E-state index in [9.17, 15) is 9.59 Å². The predicted molar refractivity (Wildman–Crippen MR) is 147 cm³/mol. The molecule has 0 bridgehead atoms. The molecule has 4 aromatic rings. The van der Waals surface area contributed by atoms with Crippen LogP contribution in [0.15, 0.2) is 54.9 Å². The Morgan fingerprint density at radius 3 is 2.51 bits per heavy atom. The number of nitrogens with zero attached hydrogens (tertiary/aromatic N) is 4. The second kappa shape index (κ2) is 11.5. The molecule has 0 atom stereocenters. The Labute approximate surface area is 226 Å². The van der Waals surface area contributed by atoms with Crippen LogP contribution in [0.1, 0.15) is 54.6 Å². The first-order valence-corrected chi connectivity index (χ1v) is 13.2. The van der Waals surface area contributed by atoms with Crippen LogP contribution in [0, 0.1) is 5.92 Å². The van der Waals surface area contributed by atoms with Gasteiger partial charge >= 0.3 is 5.97 Å². The molecule has 2 aromatic carbocycles.